The van der Waals surface area contributed by atoms with Gasteiger partial charge >= 0.3 is 0 Å². The zero-order chi connectivity index (χ0) is 31.9. The van der Waals surface area contributed by atoms with Crippen LogP contribution < -0.4 is 0 Å². The predicted molar refractivity (Wildman–Crippen MR) is 195 cm³/mol. The molecule has 0 aliphatic rings. The fourth-order valence-corrected chi connectivity index (χ4v) is 6.24. The first-order valence-corrected chi connectivity index (χ1v) is 15.9. The molecule has 3 aromatic heterocycles. The van der Waals surface area contributed by atoms with Crippen molar-refractivity contribution in [3.05, 3.63) is 164 Å². The molecular formula is C43H27N5. The molecule has 0 radical (unpaired) electrons. The van der Waals surface area contributed by atoms with Crippen molar-refractivity contribution >= 4 is 32.6 Å². The van der Waals surface area contributed by atoms with Crippen LogP contribution in [0.2, 0.25) is 0 Å². The van der Waals surface area contributed by atoms with Crippen LogP contribution in [0.1, 0.15) is 0 Å². The lowest BCUT2D eigenvalue weighted by Gasteiger charge is -2.10. The van der Waals surface area contributed by atoms with Gasteiger partial charge < -0.3 is 0 Å². The van der Waals surface area contributed by atoms with Gasteiger partial charge in [-0.25, -0.2) is 24.9 Å². The second kappa shape index (κ2) is 11.6. The summed E-state index contributed by atoms with van der Waals surface area (Å²) in [7, 11) is 0. The first-order chi connectivity index (χ1) is 23.7. The van der Waals surface area contributed by atoms with Gasteiger partial charge in [0.15, 0.2) is 17.5 Å². The Bertz CT molecular complexity index is 2550. The minimum absolute atomic E-state index is 0.533. The minimum Gasteiger partial charge on any atom is -0.248 e. The molecule has 0 atom stereocenters. The molecule has 0 fully saturated rings. The van der Waals surface area contributed by atoms with Gasteiger partial charge in [0.1, 0.15) is 5.69 Å². The van der Waals surface area contributed by atoms with Crippen LogP contribution in [-0.4, -0.2) is 24.9 Å². The third kappa shape index (κ3) is 5.13. The molecule has 0 unspecified atom stereocenters. The van der Waals surface area contributed by atoms with E-state index < -0.39 is 0 Å². The smallest absolute Gasteiger partial charge is 0.182 e. The number of hydrogen-bond donors (Lipinski definition) is 0. The lowest BCUT2D eigenvalue weighted by atomic mass is 9.99. The molecule has 48 heavy (non-hydrogen) atoms. The second-order valence-electron chi connectivity index (χ2n) is 11.8. The first-order valence-electron chi connectivity index (χ1n) is 15.9. The zero-order valence-corrected chi connectivity index (χ0v) is 25.8. The summed E-state index contributed by atoms with van der Waals surface area (Å²) >= 11 is 0. The van der Waals surface area contributed by atoms with Crippen LogP contribution in [0.4, 0.5) is 0 Å². The maximum atomic E-state index is 5.13. The molecule has 3 heterocycles. The van der Waals surface area contributed by atoms with Crippen molar-refractivity contribution in [3.63, 3.8) is 0 Å². The van der Waals surface area contributed by atoms with Gasteiger partial charge in [0.25, 0.3) is 0 Å². The summed E-state index contributed by atoms with van der Waals surface area (Å²) in [5.74, 6) is 1.76. The van der Waals surface area contributed by atoms with E-state index in [-0.39, 0.29) is 0 Å². The van der Waals surface area contributed by atoms with Crippen LogP contribution in [0.5, 0.6) is 0 Å². The third-order valence-electron chi connectivity index (χ3n) is 8.71. The summed E-state index contributed by atoms with van der Waals surface area (Å²) in [5.41, 5.74) is 8.60. The molecule has 0 N–H and O–H groups in total. The van der Waals surface area contributed by atoms with Gasteiger partial charge in [-0.05, 0) is 46.2 Å². The van der Waals surface area contributed by atoms with Gasteiger partial charge in [0.05, 0.1) is 16.7 Å². The van der Waals surface area contributed by atoms with E-state index in [9.17, 15) is 0 Å². The zero-order valence-electron chi connectivity index (χ0n) is 25.8. The average molecular weight is 614 g/mol. The third-order valence-corrected chi connectivity index (χ3v) is 8.71. The van der Waals surface area contributed by atoms with Crippen molar-refractivity contribution in [1.29, 1.82) is 0 Å². The molecule has 5 heteroatoms. The average Bonchev–Trinajstić information content (AvgIpc) is 3.17. The fourth-order valence-electron chi connectivity index (χ4n) is 6.24. The van der Waals surface area contributed by atoms with E-state index in [1.807, 2.05) is 66.7 Å². The highest BCUT2D eigenvalue weighted by atomic mass is 15.0. The van der Waals surface area contributed by atoms with E-state index in [0.717, 1.165) is 55.3 Å². The minimum atomic E-state index is 0.533. The Morgan fingerprint density at radius 2 is 0.792 bits per heavy atom. The standard InChI is InChI=1S/C43H27N5/c1-3-11-31(12-4-1)41-46-42(32-13-5-2-6-14-32)48-43(47-41)38-25-23-30-19-21-34(27-40(30)45-38)33-20-18-29-22-24-37(44-39(29)26-33)36-17-9-15-28-10-7-8-16-35(28)36/h1-27H. The normalized spacial score (nSPS) is 11.3. The molecule has 0 aliphatic heterocycles. The van der Waals surface area contributed by atoms with Crippen LogP contribution in [-0.2, 0) is 0 Å². The lowest BCUT2D eigenvalue weighted by molar-refractivity contribution is 1.06. The van der Waals surface area contributed by atoms with Gasteiger partial charge in [-0.15, -0.1) is 0 Å². The summed E-state index contributed by atoms with van der Waals surface area (Å²) in [4.78, 5) is 24.8. The largest absolute Gasteiger partial charge is 0.248 e. The Kier molecular flexibility index (Phi) is 6.72. The summed E-state index contributed by atoms with van der Waals surface area (Å²) < 4.78 is 0. The maximum absolute atomic E-state index is 5.13. The van der Waals surface area contributed by atoms with Crippen LogP contribution in [0.15, 0.2) is 164 Å². The van der Waals surface area contributed by atoms with E-state index in [2.05, 4.69) is 97.1 Å². The van der Waals surface area contributed by atoms with Crippen LogP contribution in [0.3, 0.4) is 0 Å². The molecule has 0 spiro atoms. The SMILES string of the molecule is c1ccc(-c2nc(-c3ccccc3)nc(-c3ccc4ccc(-c5ccc6ccc(-c7cccc8ccccc78)nc6c5)cc4n3)n2)cc1. The Morgan fingerprint density at radius 1 is 0.292 bits per heavy atom. The van der Waals surface area contributed by atoms with Gasteiger partial charge in [-0.2, -0.15) is 0 Å². The number of rotatable bonds is 5. The summed E-state index contributed by atoms with van der Waals surface area (Å²) in [5, 5.41) is 4.55. The molecule has 9 aromatic rings. The number of fused-ring (bicyclic) bond motifs is 3. The van der Waals surface area contributed by atoms with Crippen LogP contribution in [0.25, 0.3) is 89.3 Å². The van der Waals surface area contributed by atoms with E-state index in [1.54, 1.807) is 0 Å². The molecule has 0 bridgehead atoms. The lowest BCUT2D eigenvalue weighted by Crippen LogP contribution is -2.01. The van der Waals surface area contributed by atoms with E-state index in [0.29, 0.717) is 23.2 Å². The number of nitrogens with zero attached hydrogens (tertiary/aromatic N) is 5. The molecule has 0 saturated carbocycles. The molecule has 224 valence electrons. The van der Waals surface area contributed by atoms with Crippen molar-refractivity contribution in [1.82, 2.24) is 24.9 Å². The van der Waals surface area contributed by atoms with Crippen molar-refractivity contribution in [2.24, 2.45) is 0 Å². The summed E-state index contributed by atoms with van der Waals surface area (Å²) in [6, 6.07) is 56.0. The number of aromatic nitrogens is 5. The Morgan fingerprint density at radius 3 is 1.44 bits per heavy atom. The topological polar surface area (TPSA) is 64.5 Å². The van der Waals surface area contributed by atoms with Crippen molar-refractivity contribution in [3.8, 4) is 56.7 Å². The Hall–Kier alpha value is -6.59. The highest BCUT2D eigenvalue weighted by Crippen LogP contribution is 2.32. The highest BCUT2D eigenvalue weighted by molar-refractivity contribution is 5.97. The second-order valence-corrected chi connectivity index (χ2v) is 11.8. The molecule has 0 saturated heterocycles. The van der Waals surface area contributed by atoms with E-state index in [4.69, 9.17) is 24.9 Å². The fraction of sp³-hybridized carbons (Fsp3) is 0. The van der Waals surface area contributed by atoms with E-state index >= 15 is 0 Å². The van der Waals surface area contributed by atoms with Gasteiger partial charge in [-0.1, -0.05) is 140 Å². The van der Waals surface area contributed by atoms with E-state index in [1.165, 1.54) is 10.8 Å². The number of pyridine rings is 2. The molecule has 0 aliphatic carbocycles. The van der Waals surface area contributed by atoms with Crippen molar-refractivity contribution in [2.45, 2.75) is 0 Å². The van der Waals surface area contributed by atoms with Crippen molar-refractivity contribution in [2.75, 3.05) is 0 Å². The first kappa shape index (κ1) is 27.7. The molecule has 9 rings (SSSR count). The number of benzene rings is 6. The Labute approximate surface area is 277 Å². The number of hydrogen-bond acceptors (Lipinski definition) is 5. The molecule has 5 nitrogen and oxygen atoms in total. The molecule has 6 aromatic carbocycles. The molecular weight excluding hydrogens is 587 g/mol. The monoisotopic (exact) mass is 613 g/mol. The van der Waals surface area contributed by atoms with Crippen molar-refractivity contribution < 1.29 is 0 Å². The quantitative estimate of drug-likeness (QED) is 0.193. The summed E-state index contributed by atoms with van der Waals surface area (Å²) in [6.07, 6.45) is 0. The predicted octanol–water partition coefficient (Wildman–Crippen LogP) is 10.5. The van der Waals surface area contributed by atoms with Crippen LogP contribution in [0, 0.1) is 0 Å². The van der Waals surface area contributed by atoms with Gasteiger partial charge in [-0.3, -0.25) is 0 Å². The molecule has 0 amide bonds. The van der Waals surface area contributed by atoms with Crippen LogP contribution >= 0.6 is 0 Å². The van der Waals surface area contributed by atoms with Gasteiger partial charge in [0.2, 0.25) is 0 Å². The Balaban J connectivity index is 1.12. The van der Waals surface area contributed by atoms with Gasteiger partial charge in [0, 0.05) is 27.5 Å². The highest BCUT2D eigenvalue weighted by Gasteiger charge is 2.14. The maximum Gasteiger partial charge on any atom is 0.182 e. The summed E-state index contributed by atoms with van der Waals surface area (Å²) in [6.45, 7) is 0.